The van der Waals surface area contributed by atoms with Crippen molar-refractivity contribution in [2.24, 2.45) is 0 Å². The summed E-state index contributed by atoms with van der Waals surface area (Å²) < 4.78 is 43.8. The average molecular weight is 390 g/mol. The number of benzene rings is 2. The molecule has 0 heterocycles. The van der Waals surface area contributed by atoms with Crippen molar-refractivity contribution in [1.29, 1.82) is 0 Å². The highest BCUT2D eigenvalue weighted by Crippen LogP contribution is 2.32. The van der Waals surface area contributed by atoms with E-state index in [0.29, 0.717) is 11.3 Å². The third-order valence-electron chi connectivity index (χ3n) is 3.73. The van der Waals surface area contributed by atoms with Crippen LogP contribution in [0.4, 0.5) is 13.2 Å². The molecule has 7 heteroatoms. The van der Waals surface area contributed by atoms with Gasteiger partial charge in [-0.15, -0.1) is 0 Å². The number of hydrogen-bond donors (Lipinski definition) is 1. The Labute approximate surface area is 159 Å². The summed E-state index contributed by atoms with van der Waals surface area (Å²) in [5.41, 5.74) is -0.486. The monoisotopic (exact) mass is 390 g/mol. The maximum atomic E-state index is 12.9. The fourth-order valence-corrected chi connectivity index (χ4v) is 2.39. The van der Waals surface area contributed by atoms with E-state index in [1.54, 1.807) is 0 Å². The van der Waals surface area contributed by atoms with Crippen LogP contribution in [0.15, 0.2) is 54.6 Å². The van der Waals surface area contributed by atoms with Crippen molar-refractivity contribution < 1.29 is 32.6 Å². The van der Waals surface area contributed by atoms with Gasteiger partial charge in [-0.05, 0) is 42.0 Å². The van der Waals surface area contributed by atoms with Crippen LogP contribution in [0.1, 0.15) is 23.1 Å². The normalized spacial score (nSPS) is 11.9. The van der Waals surface area contributed by atoms with Crippen molar-refractivity contribution in [3.63, 3.8) is 0 Å². The molecule has 0 saturated carbocycles. The molecule has 0 unspecified atom stereocenters. The average Bonchev–Trinajstić information content (AvgIpc) is 2.64. The van der Waals surface area contributed by atoms with Crippen LogP contribution in [0.3, 0.4) is 0 Å². The van der Waals surface area contributed by atoms with Crippen LogP contribution in [0.25, 0.3) is 12.2 Å². The molecule has 0 saturated heterocycles. The quantitative estimate of drug-likeness (QED) is 0.551. The summed E-state index contributed by atoms with van der Waals surface area (Å²) in [5.74, 6) is -0.794. The van der Waals surface area contributed by atoms with Gasteiger partial charge in [0.2, 0.25) is 0 Å². The van der Waals surface area contributed by atoms with E-state index < -0.39 is 29.7 Å². The summed E-state index contributed by atoms with van der Waals surface area (Å²) >= 11 is 0. The Bertz CT molecular complexity index is 927. The Morgan fingerprint density at radius 1 is 1.00 bits per heavy atom. The van der Waals surface area contributed by atoms with E-state index in [1.807, 2.05) is 0 Å². The summed E-state index contributed by atoms with van der Waals surface area (Å²) in [6.07, 6.45) is -0.420. The highest BCUT2D eigenvalue weighted by atomic mass is 19.4. The minimum atomic E-state index is -4.54. The third-order valence-corrected chi connectivity index (χ3v) is 3.73. The SMILES string of the molecule is COc1cc(O)ccc1/C=C/C(=O)CC(=O)/C=C/c1ccccc1C(F)(F)F. The molecule has 2 aromatic carbocycles. The molecule has 0 aromatic heterocycles. The van der Waals surface area contributed by atoms with Gasteiger partial charge in [0.15, 0.2) is 11.6 Å². The molecule has 28 heavy (non-hydrogen) atoms. The zero-order valence-corrected chi connectivity index (χ0v) is 14.9. The largest absolute Gasteiger partial charge is 0.508 e. The Balaban J connectivity index is 2.04. The highest BCUT2D eigenvalue weighted by Gasteiger charge is 2.32. The molecule has 0 radical (unpaired) electrons. The number of allylic oxidation sites excluding steroid dienone is 2. The van der Waals surface area contributed by atoms with E-state index in [9.17, 15) is 27.9 Å². The molecule has 0 aliphatic rings. The zero-order chi connectivity index (χ0) is 20.7. The van der Waals surface area contributed by atoms with Gasteiger partial charge in [-0.2, -0.15) is 13.2 Å². The molecule has 2 aromatic rings. The van der Waals surface area contributed by atoms with Crippen LogP contribution in [-0.2, 0) is 15.8 Å². The van der Waals surface area contributed by atoms with Crippen LogP contribution >= 0.6 is 0 Å². The van der Waals surface area contributed by atoms with Gasteiger partial charge in [0.25, 0.3) is 0 Å². The lowest BCUT2D eigenvalue weighted by Crippen LogP contribution is -2.07. The van der Waals surface area contributed by atoms with Crippen LogP contribution in [0, 0.1) is 0 Å². The molecule has 0 aliphatic heterocycles. The van der Waals surface area contributed by atoms with Gasteiger partial charge in [0, 0.05) is 11.6 Å². The molecule has 0 bridgehead atoms. The van der Waals surface area contributed by atoms with E-state index in [0.717, 1.165) is 18.2 Å². The van der Waals surface area contributed by atoms with Crippen LogP contribution in [0.5, 0.6) is 11.5 Å². The Morgan fingerprint density at radius 2 is 1.61 bits per heavy atom. The standard InChI is InChI=1S/C21H17F3O4/c1-28-20-13-18(27)11-8-15(20)7-10-17(26)12-16(25)9-6-14-4-2-3-5-19(14)21(22,23)24/h2-11,13,27H,12H2,1H3/b9-6+,10-7+. The summed E-state index contributed by atoms with van der Waals surface area (Å²) in [7, 11) is 1.40. The second kappa shape index (κ2) is 9.03. The van der Waals surface area contributed by atoms with Crippen LogP contribution in [0.2, 0.25) is 0 Å². The third kappa shape index (κ3) is 5.84. The summed E-state index contributed by atoms with van der Waals surface area (Å²) in [6.45, 7) is 0. The van der Waals surface area contributed by atoms with E-state index in [-0.39, 0.29) is 11.3 Å². The van der Waals surface area contributed by atoms with Gasteiger partial charge in [0.05, 0.1) is 19.1 Å². The number of alkyl halides is 3. The number of phenols is 1. The molecule has 0 spiro atoms. The minimum absolute atomic E-state index is 0.000204. The molecule has 0 aliphatic carbocycles. The Morgan fingerprint density at radius 3 is 2.21 bits per heavy atom. The first kappa shape index (κ1) is 21.0. The maximum Gasteiger partial charge on any atom is 0.416 e. The van der Waals surface area contributed by atoms with E-state index >= 15 is 0 Å². The van der Waals surface area contributed by atoms with Crippen molar-refractivity contribution in [2.75, 3.05) is 7.11 Å². The summed E-state index contributed by atoms with van der Waals surface area (Å²) in [6, 6.07) is 9.17. The molecular weight excluding hydrogens is 373 g/mol. The molecular formula is C21H17F3O4. The van der Waals surface area contributed by atoms with Crippen LogP contribution in [-0.4, -0.2) is 23.8 Å². The van der Waals surface area contributed by atoms with Crippen molar-refractivity contribution in [1.82, 2.24) is 0 Å². The lowest BCUT2D eigenvalue weighted by molar-refractivity contribution is -0.137. The van der Waals surface area contributed by atoms with Gasteiger partial charge in [-0.1, -0.05) is 24.3 Å². The lowest BCUT2D eigenvalue weighted by Gasteiger charge is -2.09. The first-order valence-corrected chi connectivity index (χ1v) is 8.16. The zero-order valence-electron chi connectivity index (χ0n) is 14.9. The van der Waals surface area contributed by atoms with Crippen molar-refractivity contribution in [3.8, 4) is 11.5 Å². The van der Waals surface area contributed by atoms with E-state index in [1.165, 1.54) is 55.7 Å². The van der Waals surface area contributed by atoms with Gasteiger partial charge in [-0.25, -0.2) is 0 Å². The number of carbonyl (C=O) groups excluding carboxylic acids is 2. The van der Waals surface area contributed by atoms with Crippen molar-refractivity contribution in [3.05, 3.63) is 71.3 Å². The molecule has 146 valence electrons. The van der Waals surface area contributed by atoms with E-state index in [4.69, 9.17) is 4.74 Å². The van der Waals surface area contributed by atoms with Gasteiger partial charge >= 0.3 is 6.18 Å². The number of phenolic OH excluding ortho intramolecular Hbond substituents is 1. The summed E-state index contributed by atoms with van der Waals surface area (Å²) in [5, 5.41) is 9.39. The summed E-state index contributed by atoms with van der Waals surface area (Å²) in [4.78, 5) is 23.8. The topological polar surface area (TPSA) is 63.6 Å². The number of carbonyl (C=O) groups is 2. The minimum Gasteiger partial charge on any atom is -0.508 e. The molecule has 2 rings (SSSR count). The Kier molecular flexibility index (Phi) is 6.76. The molecule has 1 N–H and O–H groups in total. The lowest BCUT2D eigenvalue weighted by atomic mass is 10.1. The number of halogens is 3. The van der Waals surface area contributed by atoms with E-state index in [2.05, 4.69) is 0 Å². The fraction of sp³-hybridized carbons (Fsp3) is 0.143. The number of methoxy groups -OCH3 is 1. The molecule has 0 fully saturated rings. The second-order valence-corrected chi connectivity index (χ2v) is 5.79. The number of aromatic hydroxyl groups is 1. The Hall–Kier alpha value is -3.35. The maximum absolute atomic E-state index is 12.9. The highest BCUT2D eigenvalue weighted by molar-refractivity contribution is 6.11. The first-order chi connectivity index (χ1) is 13.2. The number of ketones is 2. The van der Waals surface area contributed by atoms with Crippen molar-refractivity contribution >= 4 is 23.7 Å². The molecule has 4 nitrogen and oxygen atoms in total. The van der Waals surface area contributed by atoms with Crippen molar-refractivity contribution in [2.45, 2.75) is 12.6 Å². The van der Waals surface area contributed by atoms with Crippen LogP contribution < -0.4 is 4.74 Å². The first-order valence-electron chi connectivity index (χ1n) is 8.16. The van der Waals surface area contributed by atoms with Gasteiger partial charge in [-0.3, -0.25) is 9.59 Å². The predicted octanol–water partition coefficient (Wildman–Crippen LogP) is 4.67. The molecule has 0 atom stereocenters. The fourth-order valence-electron chi connectivity index (χ4n) is 2.39. The molecule has 0 amide bonds. The van der Waals surface area contributed by atoms with Gasteiger partial charge in [0.1, 0.15) is 11.5 Å². The number of ether oxygens (including phenoxy) is 1. The second-order valence-electron chi connectivity index (χ2n) is 5.79. The predicted molar refractivity (Wildman–Crippen MR) is 98.8 cm³/mol. The smallest absolute Gasteiger partial charge is 0.416 e. The number of rotatable bonds is 7. The van der Waals surface area contributed by atoms with Gasteiger partial charge < -0.3 is 9.84 Å². The number of hydrogen-bond acceptors (Lipinski definition) is 4.